The Morgan fingerprint density at radius 3 is 2.79 bits per heavy atom. The minimum Gasteiger partial charge on any atom is -0.462 e. The van der Waals surface area contributed by atoms with Gasteiger partial charge in [0.2, 0.25) is 0 Å². The highest BCUT2D eigenvalue weighted by Crippen LogP contribution is 2.29. The molecule has 2 N–H and O–H groups in total. The number of halogens is 1. The molecule has 1 aliphatic rings. The number of aromatic amines is 1. The fourth-order valence-corrected chi connectivity index (χ4v) is 4.68. The highest BCUT2D eigenvalue weighted by molar-refractivity contribution is 7.17. The highest BCUT2D eigenvalue weighted by atomic mass is 35.5. The van der Waals surface area contributed by atoms with E-state index >= 15 is 0 Å². The zero-order valence-corrected chi connectivity index (χ0v) is 20.5. The third-order valence-corrected chi connectivity index (χ3v) is 6.55. The van der Waals surface area contributed by atoms with Gasteiger partial charge in [0, 0.05) is 20.2 Å². The van der Waals surface area contributed by atoms with Crippen LogP contribution < -0.4 is 10.2 Å². The van der Waals surface area contributed by atoms with E-state index in [1.54, 1.807) is 14.0 Å². The second-order valence-electron chi connectivity index (χ2n) is 7.15. The second-order valence-corrected chi connectivity index (χ2v) is 8.48. The van der Waals surface area contributed by atoms with Crippen LogP contribution in [0.25, 0.3) is 0 Å². The van der Waals surface area contributed by atoms with Gasteiger partial charge in [0.1, 0.15) is 17.7 Å². The summed E-state index contributed by atoms with van der Waals surface area (Å²) >= 11 is 7.27. The van der Waals surface area contributed by atoms with Crippen LogP contribution in [0.1, 0.15) is 51.9 Å². The lowest BCUT2D eigenvalue weighted by Gasteiger charge is -2.37. The molecule has 0 aliphatic carbocycles. The lowest BCUT2D eigenvalue weighted by atomic mass is 10.0. The smallest absolute Gasteiger partial charge is 0.350 e. The summed E-state index contributed by atoms with van der Waals surface area (Å²) in [7, 11) is 3.00. The number of piperidine rings is 1. The van der Waals surface area contributed by atoms with Gasteiger partial charge >= 0.3 is 5.97 Å². The van der Waals surface area contributed by atoms with Crippen LogP contribution in [0.2, 0.25) is 5.15 Å². The number of aryl methyl sites for hydroxylation is 1. The summed E-state index contributed by atoms with van der Waals surface area (Å²) in [5.41, 5.74) is 1.09. The van der Waals surface area contributed by atoms with Crippen molar-refractivity contribution in [3.63, 3.8) is 0 Å². The van der Waals surface area contributed by atoms with Crippen LogP contribution in [-0.2, 0) is 20.7 Å². The van der Waals surface area contributed by atoms with Crippen molar-refractivity contribution < 1.29 is 23.9 Å². The van der Waals surface area contributed by atoms with Crippen LogP contribution in [0, 0.1) is 0 Å². The predicted molar refractivity (Wildman–Crippen MR) is 125 cm³/mol. The molecule has 1 fully saturated rings. The van der Waals surface area contributed by atoms with Crippen molar-refractivity contribution in [3.05, 3.63) is 27.2 Å². The van der Waals surface area contributed by atoms with Gasteiger partial charge in [0.25, 0.3) is 5.91 Å². The molecule has 3 heterocycles. The average molecular weight is 499 g/mol. The molecule has 2 aromatic rings. The van der Waals surface area contributed by atoms with Crippen molar-refractivity contribution in [2.45, 2.75) is 38.8 Å². The Hall–Kier alpha value is -2.70. The number of esters is 1. The van der Waals surface area contributed by atoms with Crippen molar-refractivity contribution in [2.24, 2.45) is 5.16 Å². The number of amides is 1. The first-order valence-electron chi connectivity index (χ1n) is 10.5. The van der Waals surface area contributed by atoms with Crippen molar-refractivity contribution >= 4 is 46.2 Å². The van der Waals surface area contributed by atoms with E-state index in [4.69, 9.17) is 25.9 Å². The maximum atomic E-state index is 12.7. The summed E-state index contributed by atoms with van der Waals surface area (Å²) in [6.45, 7) is 4.99. The van der Waals surface area contributed by atoms with Crippen LogP contribution in [0.4, 0.5) is 5.13 Å². The molecule has 0 unspecified atom stereocenters. The first-order valence-corrected chi connectivity index (χ1v) is 11.7. The molecule has 0 radical (unpaired) electrons. The Labute approximate surface area is 200 Å². The molecule has 33 heavy (non-hydrogen) atoms. The molecule has 0 bridgehead atoms. The van der Waals surface area contributed by atoms with E-state index in [0.717, 1.165) is 0 Å². The molecular formula is C20H27ClN6O5S. The number of nitrogens with one attached hydrogen (secondary N) is 2. The normalized spacial score (nSPS) is 18.5. The minimum absolute atomic E-state index is 0.176. The van der Waals surface area contributed by atoms with Crippen LogP contribution >= 0.6 is 22.9 Å². The van der Waals surface area contributed by atoms with E-state index < -0.39 is 5.97 Å². The summed E-state index contributed by atoms with van der Waals surface area (Å²) in [6.07, 6.45) is 2.34. The molecule has 180 valence electrons. The van der Waals surface area contributed by atoms with Gasteiger partial charge in [-0.1, -0.05) is 35.0 Å². The molecule has 1 amide bonds. The molecular weight excluding hydrogens is 472 g/mol. The number of imidazole rings is 1. The summed E-state index contributed by atoms with van der Waals surface area (Å²) in [6, 6.07) is -0.230. The van der Waals surface area contributed by atoms with E-state index in [-0.39, 0.29) is 30.5 Å². The van der Waals surface area contributed by atoms with Crippen molar-refractivity contribution in [1.82, 2.24) is 20.3 Å². The number of oxime groups is 1. The van der Waals surface area contributed by atoms with E-state index in [9.17, 15) is 9.59 Å². The molecule has 11 nitrogen and oxygen atoms in total. The van der Waals surface area contributed by atoms with Gasteiger partial charge in [0.05, 0.1) is 30.7 Å². The number of rotatable bonds is 9. The number of nitrogens with zero attached hydrogens (tertiary/aromatic N) is 4. The monoisotopic (exact) mass is 498 g/mol. The van der Waals surface area contributed by atoms with Gasteiger partial charge in [-0.05, 0) is 19.8 Å². The van der Waals surface area contributed by atoms with E-state index in [2.05, 4.69) is 25.4 Å². The average Bonchev–Trinajstić information content (AvgIpc) is 3.41. The van der Waals surface area contributed by atoms with Crippen LogP contribution in [0.5, 0.6) is 0 Å². The van der Waals surface area contributed by atoms with Crippen LogP contribution in [0.3, 0.4) is 0 Å². The number of hydrogen-bond acceptors (Lipinski definition) is 10. The fourth-order valence-electron chi connectivity index (χ4n) is 3.45. The number of anilines is 1. The van der Waals surface area contributed by atoms with E-state index in [1.807, 2.05) is 11.8 Å². The molecule has 2 aromatic heterocycles. The lowest BCUT2D eigenvalue weighted by molar-refractivity contribution is 0.0530. The Bertz CT molecular complexity index is 1010. The fraction of sp³-hybridized carbons (Fsp3) is 0.550. The first kappa shape index (κ1) is 24.9. The summed E-state index contributed by atoms with van der Waals surface area (Å²) in [4.78, 5) is 43.7. The number of aromatic nitrogens is 3. The second kappa shape index (κ2) is 11.4. The molecule has 13 heteroatoms. The molecule has 1 aliphatic heterocycles. The summed E-state index contributed by atoms with van der Waals surface area (Å²) in [5, 5.41) is 7.64. The van der Waals surface area contributed by atoms with Crippen LogP contribution in [-0.4, -0.2) is 79.1 Å². The molecule has 2 atom stereocenters. The maximum absolute atomic E-state index is 12.7. The minimum atomic E-state index is -0.465. The number of H-pyrrole nitrogens is 1. The Kier molecular flexibility index (Phi) is 8.64. The van der Waals surface area contributed by atoms with Crippen molar-refractivity contribution in [3.8, 4) is 0 Å². The number of hydrogen-bond donors (Lipinski definition) is 2. The Morgan fingerprint density at radius 1 is 1.36 bits per heavy atom. The largest absolute Gasteiger partial charge is 0.462 e. The molecule has 0 spiro atoms. The standard InChI is InChI=1S/C20H27ClN6O5S/c1-5-11-16(21)26-17(23-11)18(28)24-12-7-8-27(10-14(12)30-3)20-25-13(9-22-31-4)15(33-20)19(29)32-6-2/h9,12,14H,5-8,10H2,1-4H3,(H,23,26)(H,24,28)/t12-,14+/m0/s1. The highest BCUT2D eigenvalue weighted by Gasteiger charge is 2.33. The van der Waals surface area contributed by atoms with E-state index in [0.29, 0.717) is 52.5 Å². The van der Waals surface area contributed by atoms with Crippen molar-refractivity contribution in [1.29, 1.82) is 0 Å². The SMILES string of the molecule is CCOC(=O)c1sc(N2CC[C@H](NC(=O)c3nc(Cl)c(CC)[nH]3)[C@H](OC)C2)nc1C=NOC. The zero-order chi connectivity index (χ0) is 24.0. The predicted octanol–water partition coefficient (Wildman–Crippen LogP) is 2.26. The molecule has 1 saturated heterocycles. The Balaban J connectivity index is 1.72. The van der Waals surface area contributed by atoms with Gasteiger partial charge in [-0.2, -0.15) is 0 Å². The van der Waals surface area contributed by atoms with Crippen LogP contribution in [0.15, 0.2) is 5.16 Å². The number of methoxy groups -OCH3 is 1. The number of carbonyl (C=O) groups excluding carboxylic acids is 2. The first-order chi connectivity index (χ1) is 15.9. The van der Waals surface area contributed by atoms with Gasteiger partial charge in [0.15, 0.2) is 16.1 Å². The topological polar surface area (TPSA) is 131 Å². The lowest BCUT2D eigenvalue weighted by Crippen LogP contribution is -2.55. The quantitative estimate of drug-likeness (QED) is 0.306. The third kappa shape index (κ3) is 5.81. The van der Waals surface area contributed by atoms with Gasteiger partial charge < -0.3 is 29.5 Å². The zero-order valence-electron chi connectivity index (χ0n) is 18.9. The van der Waals surface area contributed by atoms with Gasteiger partial charge in [-0.3, -0.25) is 4.79 Å². The summed E-state index contributed by atoms with van der Waals surface area (Å²) in [5.74, 6) is -0.628. The molecule has 0 saturated carbocycles. The number of thiazole rings is 1. The third-order valence-electron chi connectivity index (χ3n) is 5.13. The maximum Gasteiger partial charge on any atom is 0.350 e. The van der Waals surface area contributed by atoms with E-state index in [1.165, 1.54) is 24.7 Å². The Morgan fingerprint density at radius 2 is 2.15 bits per heavy atom. The summed E-state index contributed by atoms with van der Waals surface area (Å²) < 4.78 is 10.8. The molecule has 3 rings (SSSR count). The number of carbonyl (C=O) groups is 2. The van der Waals surface area contributed by atoms with Gasteiger partial charge in [-0.25, -0.2) is 14.8 Å². The number of ether oxygens (including phenoxy) is 2. The molecule has 0 aromatic carbocycles. The van der Waals surface area contributed by atoms with Gasteiger partial charge in [-0.15, -0.1) is 0 Å². The van der Waals surface area contributed by atoms with Crippen molar-refractivity contribution in [2.75, 3.05) is 38.8 Å².